The van der Waals surface area contributed by atoms with Gasteiger partial charge in [-0.2, -0.15) is 0 Å². The summed E-state index contributed by atoms with van der Waals surface area (Å²) in [6.45, 7) is 0. The van der Waals surface area contributed by atoms with E-state index in [0.29, 0.717) is 11.6 Å². The summed E-state index contributed by atoms with van der Waals surface area (Å²) >= 11 is 0. The van der Waals surface area contributed by atoms with Crippen LogP contribution in [0.5, 0.6) is 0 Å². The second kappa shape index (κ2) is 20.3. The van der Waals surface area contributed by atoms with Crippen LogP contribution in [0.4, 0.5) is 0 Å². The molecule has 8 heteroatoms. The Bertz CT molecular complexity index is 4860. The first-order valence-electron chi connectivity index (χ1n) is 30.5. The molecule has 8 nitrogen and oxygen atoms in total. The van der Waals surface area contributed by atoms with Gasteiger partial charge in [0.25, 0.3) is 11.6 Å². The molecule has 0 N–H and O–H groups in total. The molecule has 0 atom stereocenters. The Balaban J connectivity index is 1.12. The van der Waals surface area contributed by atoms with Crippen molar-refractivity contribution in [1.29, 1.82) is 0 Å². The topological polar surface area (TPSA) is 85.1 Å². The molecular weight excluding hydrogens is 1100 g/mol. The number of aromatic nitrogens is 4. The van der Waals surface area contributed by atoms with Crippen molar-refractivity contribution in [3.05, 3.63) is 349 Å². The van der Waals surface area contributed by atoms with Gasteiger partial charge in [-0.3, -0.25) is 9.13 Å². The summed E-state index contributed by atoms with van der Waals surface area (Å²) in [5.41, 5.74) is 21.1. The highest BCUT2D eigenvalue weighted by Gasteiger charge is 2.50. The van der Waals surface area contributed by atoms with Crippen molar-refractivity contribution in [3.63, 3.8) is 0 Å². The quantitative estimate of drug-likeness (QED) is 0.152. The van der Waals surface area contributed by atoms with E-state index < -0.39 is 11.6 Å². The molecule has 0 saturated heterocycles. The average molecular weight is 1150 g/mol. The predicted molar refractivity (Wildman–Crippen MR) is 365 cm³/mol. The fourth-order valence-electron chi connectivity index (χ4n) is 14.0. The summed E-state index contributed by atoms with van der Waals surface area (Å²) in [4.78, 5) is 37.3. The number of hydrogen-bond acceptors (Lipinski definition) is 6. The molecule has 5 aliphatic rings. The van der Waals surface area contributed by atoms with Gasteiger partial charge < -0.3 is 0 Å². The van der Waals surface area contributed by atoms with E-state index in [1.807, 2.05) is 0 Å². The van der Waals surface area contributed by atoms with Crippen molar-refractivity contribution in [2.24, 2.45) is 20.0 Å². The van der Waals surface area contributed by atoms with Crippen LogP contribution in [0.2, 0.25) is 0 Å². The largest absolute Gasteiger partial charge is 0.275 e. The summed E-state index contributed by atoms with van der Waals surface area (Å²) in [5, 5.41) is 2.21. The molecule has 0 aliphatic carbocycles. The molecule has 0 unspecified atom stereocenters. The zero-order chi connectivity index (χ0) is 59.3. The van der Waals surface area contributed by atoms with Gasteiger partial charge in [0.15, 0.2) is 0 Å². The number of nitrogens with zero attached hydrogens (tertiary/aromatic N) is 8. The molecule has 14 aromatic rings. The highest BCUT2D eigenvalue weighted by atomic mass is 15.4. The molecule has 12 aromatic carbocycles. The highest BCUT2D eigenvalue weighted by molar-refractivity contribution is 6.55. The van der Waals surface area contributed by atoms with Gasteiger partial charge in [0.05, 0.1) is 45.6 Å². The van der Waals surface area contributed by atoms with Gasteiger partial charge in [-0.25, -0.2) is 29.9 Å². The molecule has 7 heterocycles. The summed E-state index contributed by atoms with van der Waals surface area (Å²) < 4.78 is 4.70. The molecule has 90 heavy (non-hydrogen) atoms. The second-order valence-electron chi connectivity index (χ2n) is 23.3. The molecule has 0 fully saturated rings. The minimum absolute atomic E-state index is 0.658. The summed E-state index contributed by atoms with van der Waals surface area (Å²) in [5.74, 6) is -1.86. The van der Waals surface area contributed by atoms with Crippen LogP contribution in [0, 0.1) is 0 Å². The van der Waals surface area contributed by atoms with E-state index in [0.717, 1.165) is 145 Å². The zero-order valence-electron chi connectivity index (χ0n) is 48.6. The molecule has 5 aliphatic heterocycles. The fourth-order valence-corrected chi connectivity index (χ4v) is 14.0. The molecule has 19 rings (SSSR count). The van der Waals surface area contributed by atoms with E-state index in [4.69, 9.17) is 29.9 Å². The number of hydrogen-bond donors (Lipinski definition) is 0. The molecule has 0 amide bonds. The summed E-state index contributed by atoms with van der Waals surface area (Å²) in [6, 6.07) is 112. The van der Waals surface area contributed by atoms with Crippen LogP contribution in [-0.2, 0) is 11.6 Å². The highest BCUT2D eigenvalue weighted by Crippen LogP contribution is 2.54. The SMILES string of the molecule is c1ccc(C2=NC3(N=C2c2ccccc2)c2cc4cc(c2)-c2nc(-c5ccccc5)c(-c5ccccc5)n2C2(N=C(c5ccccc5)C(c5ccccc5)=N2)c2cc(cc(c2)-c2nc(-c5ccccc5)c(-c5ccccc5)n23)-c2cccc3cccc-4c23)cc1. The molecule has 420 valence electrons. The maximum absolute atomic E-state index is 6.29. The Hall–Kier alpha value is -12.0. The van der Waals surface area contributed by atoms with Crippen LogP contribution in [0.1, 0.15) is 33.4 Å². The van der Waals surface area contributed by atoms with Crippen molar-refractivity contribution in [2.75, 3.05) is 0 Å². The maximum atomic E-state index is 6.29. The lowest BCUT2D eigenvalue weighted by Crippen LogP contribution is -2.33. The Labute approximate surface area is 520 Å². The monoisotopic (exact) mass is 1150 g/mol. The first kappa shape index (κ1) is 51.2. The van der Waals surface area contributed by atoms with Gasteiger partial charge in [0.2, 0.25) is 0 Å². The lowest BCUT2D eigenvalue weighted by molar-refractivity contribution is 0.404. The van der Waals surface area contributed by atoms with Crippen LogP contribution in [0.25, 0.3) is 101 Å². The van der Waals surface area contributed by atoms with E-state index in [2.05, 4.69) is 325 Å². The predicted octanol–water partition coefficient (Wildman–Crippen LogP) is 18.5. The fraction of sp³-hybridized carbons (Fsp3) is 0.0244. The molecule has 2 spiro atoms. The number of rotatable bonds is 8. The van der Waals surface area contributed by atoms with Crippen molar-refractivity contribution < 1.29 is 0 Å². The standard InChI is InChI=1S/C82H52N8/c1-9-27-54(28-10-1)71-72(55-29-11-2-12-30-55)86-81(85-71)66-49-62-47-64(51-66)80-84-76(59-37-19-6-20-38-59)78(61-41-23-8-24-42-61)90(80)82(87-73(56-31-13-3-14-32-56)74(88-82)57-33-15-4-16-34-57)67-50-63(69-46-26-44-53-43-25-45-68(62)70(53)69)48-65(52-67)79-83-75(58-35-17-5-18-36-58)77(89(79)81)60-39-21-7-22-40-60/h1-52H. The van der Waals surface area contributed by atoms with E-state index in [-0.39, 0.29) is 0 Å². The van der Waals surface area contributed by atoms with E-state index in [9.17, 15) is 0 Å². The van der Waals surface area contributed by atoms with E-state index in [1.165, 1.54) is 0 Å². The number of benzene rings is 12. The first-order valence-corrected chi connectivity index (χ1v) is 30.5. The van der Waals surface area contributed by atoms with Gasteiger partial charge >= 0.3 is 0 Å². The Morgan fingerprint density at radius 1 is 0.233 bits per heavy atom. The molecule has 0 saturated carbocycles. The van der Waals surface area contributed by atoms with E-state index in [1.54, 1.807) is 0 Å². The minimum Gasteiger partial charge on any atom is -0.275 e. The van der Waals surface area contributed by atoms with Crippen molar-refractivity contribution in [3.8, 4) is 90.1 Å². The Morgan fingerprint density at radius 3 is 0.822 bits per heavy atom. The average Bonchev–Trinajstić information content (AvgIpc) is 1.50. The Morgan fingerprint density at radius 2 is 0.511 bits per heavy atom. The normalized spacial score (nSPS) is 14.4. The third kappa shape index (κ3) is 7.94. The summed E-state index contributed by atoms with van der Waals surface area (Å²) in [6.07, 6.45) is 0. The van der Waals surface area contributed by atoms with Crippen molar-refractivity contribution >= 4 is 33.6 Å². The van der Waals surface area contributed by atoms with Gasteiger partial charge in [-0.15, -0.1) is 0 Å². The molecule has 6 bridgehead atoms. The van der Waals surface area contributed by atoms with Gasteiger partial charge in [0.1, 0.15) is 11.6 Å². The molecule has 2 aromatic heterocycles. The van der Waals surface area contributed by atoms with Crippen molar-refractivity contribution in [1.82, 2.24) is 19.1 Å². The third-order valence-corrected chi connectivity index (χ3v) is 18.0. The van der Waals surface area contributed by atoms with Crippen LogP contribution in [-0.4, -0.2) is 41.9 Å². The minimum atomic E-state index is -1.59. The smallest absolute Gasteiger partial charge is 0.261 e. The van der Waals surface area contributed by atoms with Gasteiger partial charge in [-0.05, 0) is 69.4 Å². The molecular formula is C82H52N8. The van der Waals surface area contributed by atoms with Crippen molar-refractivity contribution in [2.45, 2.75) is 11.6 Å². The third-order valence-electron chi connectivity index (χ3n) is 18.0. The lowest BCUT2D eigenvalue weighted by atomic mass is 9.86. The van der Waals surface area contributed by atoms with Gasteiger partial charge in [0, 0.05) is 66.8 Å². The maximum Gasteiger partial charge on any atom is 0.261 e. The summed E-state index contributed by atoms with van der Waals surface area (Å²) in [7, 11) is 0. The van der Waals surface area contributed by atoms with Crippen LogP contribution >= 0.6 is 0 Å². The lowest BCUT2D eigenvalue weighted by Gasteiger charge is -2.34. The second-order valence-corrected chi connectivity index (χ2v) is 23.3. The van der Waals surface area contributed by atoms with Crippen LogP contribution < -0.4 is 0 Å². The number of aliphatic imine (C=N–C) groups is 4. The van der Waals surface area contributed by atoms with Gasteiger partial charge in [-0.1, -0.05) is 279 Å². The molecule has 0 radical (unpaired) electrons. The zero-order valence-corrected chi connectivity index (χ0v) is 48.6. The number of imidazole rings is 2. The first-order chi connectivity index (χ1) is 44.6. The van der Waals surface area contributed by atoms with Crippen LogP contribution in [0.3, 0.4) is 0 Å². The van der Waals surface area contributed by atoms with Crippen LogP contribution in [0.15, 0.2) is 335 Å². The Kier molecular flexibility index (Phi) is 11.6. The van der Waals surface area contributed by atoms with E-state index >= 15 is 0 Å².